The Labute approximate surface area is 136 Å². The standard InChI is InChI=1S/C18H24FNO3/c1-3-23-16-11-15(21)18(16)6-8-20(9-7-18)17(22)13-4-5-14(19)12(2)10-13/h4-5,10,15-16,21H,3,6-9,11H2,1-2H3. The molecule has 1 spiro atoms. The second-order valence-electron chi connectivity index (χ2n) is 6.68. The molecule has 1 saturated carbocycles. The van der Waals surface area contributed by atoms with Crippen LogP contribution in [0.25, 0.3) is 0 Å². The number of benzene rings is 1. The Kier molecular flexibility index (Phi) is 4.43. The molecule has 4 nitrogen and oxygen atoms in total. The van der Waals surface area contributed by atoms with Gasteiger partial charge < -0.3 is 14.7 Å². The van der Waals surface area contributed by atoms with E-state index in [9.17, 15) is 14.3 Å². The summed E-state index contributed by atoms with van der Waals surface area (Å²) in [4.78, 5) is 14.4. The third-order valence-electron chi connectivity index (χ3n) is 5.50. The summed E-state index contributed by atoms with van der Waals surface area (Å²) < 4.78 is 19.1. The Morgan fingerprint density at radius 2 is 2.13 bits per heavy atom. The van der Waals surface area contributed by atoms with E-state index in [4.69, 9.17) is 4.74 Å². The van der Waals surface area contributed by atoms with E-state index < -0.39 is 0 Å². The van der Waals surface area contributed by atoms with Crippen LogP contribution in [0, 0.1) is 18.2 Å². The van der Waals surface area contributed by atoms with Gasteiger partial charge in [0.25, 0.3) is 5.91 Å². The molecule has 1 heterocycles. The van der Waals surface area contributed by atoms with Crippen LogP contribution >= 0.6 is 0 Å². The number of halogens is 1. The monoisotopic (exact) mass is 321 g/mol. The zero-order valence-corrected chi connectivity index (χ0v) is 13.7. The summed E-state index contributed by atoms with van der Waals surface area (Å²) in [5.41, 5.74) is 0.816. The number of carbonyl (C=O) groups is 1. The molecule has 2 atom stereocenters. The quantitative estimate of drug-likeness (QED) is 0.931. The summed E-state index contributed by atoms with van der Waals surface area (Å²) in [5.74, 6) is -0.360. The number of rotatable bonds is 3. The van der Waals surface area contributed by atoms with E-state index >= 15 is 0 Å². The fraction of sp³-hybridized carbons (Fsp3) is 0.611. The molecule has 126 valence electrons. The van der Waals surface area contributed by atoms with Crippen LogP contribution in [0.3, 0.4) is 0 Å². The average molecular weight is 321 g/mol. The van der Waals surface area contributed by atoms with Crippen LogP contribution in [-0.2, 0) is 4.74 Å². The van der Waals surface area contributed by atoms with Crippen molar-refractivity contribution in [1.29, 1.82) is 0 Å². The van der Waals surface area contributed by atoms with Gasteiger partial charge in [-0.15, -0.1) is 0 Å². The highest BCUT2D eigenvalue weighted by atomic mass is 19.1. The van der Waals surface area contributed by atoms with Crippen molar-refractivity contribution < 1.29 is 19.0 Å². The van der Waals surface area contributed by atoms with Crippen molar-refractivity contribution in [1.82, 2.24) is 4.90 Å². The van der Waals surface area contributed by atoms with Gasteiger partial charge in [-0.3, -0.25) is 4.79 Å². The van der Waals surface area contributed by atoms with Gasteiger partial charge >= 0.3 is 0 Å². The van der Waals surface area contributed by atoms with Crippen LogP contribution < -0.4 is 0 Å². The molecule has 1 saturated heterocycles. The van der Waals surface area contributed by atoms with Crippen molar-refractivity contribution >= 4 is 5.91 Å². The summed E-state index contributed by atoms with van der Waals surface area (Å²) in [6, 6.07) is 4.48. The van der Waals surface area contributed by atoms with Crippen LogP contribution in [0.5, 0.6) is 0 Å². The Morgan fingerprint density at radius 1 is 1.43 bits per heavy atom. The average Bonchev–Trinajstić information content (AvgIpc) is 2.57. The first-order valence-corrected chi connectivity index (χ1v) is 8.33. The number of aliphatic hydroxyl groups is 1. The van der Waals surface area contributed by atoms with Gasteiger partial charge in [0.15, 0.2) is 0 Å². The minimum absolute atomic E-state index is 0.0651. The van der Waals surface area contributed by atoms with Crippen LogP contribution in [0.4, 0.5) is 4.39 Å². The van der Waals surface area contributed by atoms with Crippen molar-refractivity contribution in [2.75, 3.05) is 19.7 Å². The molecule has 0 radical (unpaired) electrons. The second kappa shape index (κ2) is 6.21. The first kappa shape index (κ1) is 16.4. The molecule has 2 unspecified atom stereocenters. The number of aryl methyl sites for hydroxylation is 1. The number of hydrogen-bond donors (Lipinski definition) is 1. The minimum atomic E-state index is -0.329. The van der Waals surface area contributed by atoms with Crippen molar-refractivity contribution in [2.24, 2.45) is 5.41 Å². The molecular formula is C18H24FNO3. The zero-order chi connectivity index (χ0) is 16.6. The van der Waals surface area contributed by atoms with E-state index in [2.05, 4.69) is 0 Å². The maximum Gasteiger partial charge on any atom is 0.253 e. The third-order valence-corrected chi connectivity index (χ3v) is 5.50. The van der Waals surface area contributed by atoms with Gasteiger partial charge in [0.05, 0.1) is 12.2 Å². The summed E-state index contributed by atoms with van der Waals surface area (Å²) in [7, 11) is 0. The van der Waals surface area contributed by atoms with Gasteiger partial charge in [-0.05, 0) is 50.5 Å². The smallest absolute Gasteiger partial charge is 0.253 e. The fourth-order valence-electron chi connectivity index (χ4n) is 3.90. The topological polar surface area (TPSA) is 49.8 Å². The molecule has 1 N–H and O–H groups in total. The maximum atomic E-state index is 13.4. The highest BCUT2D eigenvalue weighted by Gasteiger charge is 2.56. The van der Waals surface area contributed by atoms with E-state index in [0.29, 0.717) is 37.2 Å². The molecule has 5 heteroatoms. The third kappa shape index (κ3) is 2.76. The number of likely N-dealkylation sites (tertiary alicyclic amines) is 1. The van der Waals surface area contributed by atoms with Crippen LogP contribution in [0.2, 0.25) is 0 Å². The number of piperidine rings is 1. The molecule has 2 aliphatic rings. The van der Waals surface area contributed by atoms with Crippen LogP contribution in [0.15, 0.2) is 18.2 Å². The molecule has 0 aromatic heterocycles. The molecule has 1 amide bonds. The zero-order valence-electron chi connectivity index (χ0n) is 13.7. The molecular weight excluding hydrogens is 297 g/mol. The lowest BCUT2D eigenvalue weighted by molar-refractivity contribution is -0.207. The number of aliphatic hydroxyl groups excluding tert-OH is 1. The van der Waals surface area contributed by atoms with Crippen molar-refractivity contribution in [3.63, 3.8) is 0 Å². The Balaban J connectivity index is 1.66. The van der Waals surface area contributed by atoms with Crippen molar-refractivity contribution in [3.05, 3.63) is 35.1 Å². The van der Waals surface area contributed by atoms with Crippen LogP contribution in [0.1, 0.15) is 42.1 Å². The Bertz CT molecular complexity index is 594. The number of nitrogens with zero attached hydrogens (tertiary/aromatic N) is 1. The lowest BCUT2D eigenvalue weighted by Gasteiger charge is -2.56. The molecule has 0 bridgehead atoms. The van der Waals surface area contributed by atoms with E-state index in [-0.39, 0.29) is 29.3 Å². The predicted molar refractivity (Wildman–Crippen MR) is 84.7 cm³/mol. The lowest BCUT2D eigenvalue weighted by atomic mass is 9.58. The summed E-state index contributed by atoms with van der Waals surface area (Å²) in [5, 5.41) is 10.2. The summed E-state index contributed by atoms with van der Waals surface area (Å²) >= 11 is 0. The number of carbonyl (C=O) groups excluding carboxylic acids is 1. The van der Waals surface area contributed by atoms with E-state index in [1.165, 1.54) is 12.1 Å². The SMILES string of the molecule is CCOC1CC(O)C12CCN(C(=O)c1ccc(F)c(C)c1)CC2. The normalized spacial score (nSPS) is 26.2. The lowest BCUT2D eigenvalue weighted by Crippen LogP contribution is -2.62. The number of hydrogen-bond acceptors (Lipinski definition) is 3. The van der Waals surface area contributed by atoms with Gasteiger partial charge in [0.2, 0.25) is 0 Å². The summed E-state index contributed by atoms with van der Waals surface area (Å²) in [6.07, 6.45) is 1.98. The Hall–Kier alpha value is -1.46. The largest absolute Gasteiger partial charge is 0.392 e. The van der Waals surface area contributed by atoms with E-state index in [1.54, 1.807) is 17.9 Å². The molecule has 2 fully saturated rings. The molecule has 1 aromatic rings. The van der Waals surface area contributed by atoms with Gasteiger partial charge in [-0.25, -0.2) is 4.39 Å². The van der Waals surface area contributed by atoms with Crippen molar-refractivity contribution in [2.45, 2.75) is 45.3 Å². The van der Waals surface area contributed by atoms with Crippen LogP contribution in [-0.4, -0.2) is 47.8 Å². The molecule has 1 aliphatic heterocycles. The second-order valence-corrected chi connectivity index (χ2v) is 6.68. The minimum Gasteiger partial charge on any atom is -0.392 e. The van der Waals surface area contributed by atoms with Gasteiger partial charge in [0, 0.05) is 37.1 Å². The van der Waals surface area contributed by atoms with E-state index in [1.807, 2.05) is 6.92 Å². The molecule has 1 aliphatic carbocycles. The first-order valence-electron chi connectivity index (χ1n) is 8.33. The van der Waals surface area contributed by atoms with Gasteiger partial charge in [-0.2, -0.15) is 0 Å². The van der Waals surface area contributed by atoms with E-state index in [0.717, 1.165) is 12.8 Å². The maximum absolute atomic E-state index is 13.4. The Morgan fingerprint density at radius 3 is 2.70 bits per heavy atom. The first-order chi connectivity index (χ1) is 11.0. The highest BCUT2D eigenvalue weighted by Crippen LogP contribution is 2.51. The van der Waals surface area contributed by atoms with Crippen molar-refractivity contribution in [3.8, 4) is 0 Å². The molecule has 23 heavy (non-hydrogen) atoms. The highest BCUT2D eigenvalue weighted by molar-refractivity contribution is 5.94. The summed E-state index contributed by atoms with van der Waals surface area (Å²) in [6.45, 7) is 5.49. The predicted octanol–water partition coefficient (Wildman–Crippen LogP) is 2.53. The molecule has 1 aromatic carbocycles. The number of ether oxygens (including phenoxy) is 1. The fourth-order valence-corrected chi connectivity index (χ4v) is 3.90. The van der Waals surface area contributed by atoms with Gasteiger partial charge in [0.1, 0.15) is 5.82 Å². The number of amides is 1. The van der Waals surface area contributed by atoms with Gasteiger partial charge in [-0.1, -0.05) is 0 Å². The molecule has 3 rings (SSSR count).